The molecule has 0 atom stereocenters. The molecule has 1 aromatic carbocycles. The molecular formula is C10H10ClN3OS. The summed E-state index contributed by atoms with van der Waals surface area (Å²) in [6.45, 7) is 1.75. The van der Waals surface area contributed by atoms with Crippen LogP contribution in [0.5, 0.6) is 0 Å². The highest BCUT2D eigenvalue weighted by Crippen LogP contribution is 2.26. The Morgan fingerprint density at radius 2 is 2.25 bits per heavy atom. The van der Waals surface area contributed by atoms with E-state index in [2.05, 4.69) is 10.2 Å². The summed E-state index contributed by atoms with van der Waals surface area (Å²) in [5.74, 6) is 1.22. The average Bonchev–Trinajstić information content (AvgIpc) is 2.66. The van der Waals surface area contributed by atoms with Gasteiger partial charge in [0.15, 0.2) is 0 Å². The van der Waals surface area contributed by atoms with E-state index in [1.165, 1.54) is 11.8 Å². The molecule has 0 unspecified atom stereocenters. The molecule has 0 amide bonds. The number of anilines is 1. The minimum Gasteiger partial charge on any atom is -0.416 e. The van der Waals surface area contributed by atoms with E-state index in [1.807, 2.05) is 6.07 Å². The van der Waals surface area contributed by atoms with Crippen LogP contribution in [0.2, 0.25) is 5.02 Å². The zero-order valence-corrected chi connectivity index (χ0v) is 10.2. The number of nitrogens with two attached hydrogens (primary N) is 1. The van der Waals surface area contributed by atoms with Crippen LogP contribution in [0.15, 0.2) is 27.8 Å². The average molecular weight is 256 g/mol. The molecule has 0 saturated carbocycles. The van der Waals surface area contributed by atoms with E-state index in [-0.39, 0.29) is 0 Å². The number of aryl methyl sites for hydroxylation is 1. The molecule has 4 nitrogen and oxygen atoms in total. The number of aromatic nitrogens is 2. The SMILES string of the molecule is Cc1nnc(SCc2cc(Cl)ccc2N)o1. The zero-order chi connectivity index (χ0) is 11.5. The van der Waals surface area contributed by atoms with Crippen molar-refractivity contribution in [2.75, 3.05) is 5.73 Å². The number of benzene rings is 1. The Hall–Kier alpha value is -1.20. The van der Waals surface area contributed by atoms with Gasteiger partial charge in [-0.15, -0.1) is 10.2 Å². The number of nitrogens with zero attached hydrogens (tertiary/aromatic N) is 2. The molecule has 0 aliphatic carbocycles. The fraction of sp³-hybridized carbons (Fsp3) is 0.200. The number of hydrogen-bond donors (Lipinski definition) is 1. The van der Waals surface area contributed by atoms with E-state index in [9.17, 15) is 0 Å². The van der Waals surface area contributed by atoms with Crippen molar-refractivity contribution < 1.29 is 4.42 Å². The maximum Gasteiger partial charge on any atom is 0.276 e. The summed E-state index contributed by atoms with van der Waals surface area (Å²) in [4.78, 5) is 0. The molecule has 0 fully saturated rings. The molecule has 2 aromatic rings. The summed E-state index contributed by atoms with van der Waals surface area (Å²) in [6, 6.07) is 5.40. The molecule has 84 valence electrons. The third-order valence-electron chi connectivity index (χ3n) is 1.96. The highest BCUT2D eigenvalue weighted by atomic mass is 35.5. The van der Waals surface area contributed by atoms with Crippen LogP contribution in [0.3, 0.4) is 0 Å². The summed E-state index contributed by atoms with van der Waals surface area (Å²) >= 11 is 7.32. The number of nitrogen functional groups attached to an aromatic ring is 1. The molecule has 2 rings (SSSR count). The van der Waals surface area contributed by atoms with Gasteiger partial charge in [-0.2, -0.15) is 0 Å². The Kier molecular flexibility index (Phi) is 3.36. The van der Waals surface area contributed by atoms with Crippen molar-refractivity contribution in [2.45, 2.75) is 17.9 Å². The van der Waals surface area contributed by atoms with Crippen molar-refractivity contribution >= 4 is 29.1 Å². The second-order valence-corrected chi connectivity index (χ2v) is 4.58. The molecule has 2 N–H and O–H groups in total. The maximum atomic E-state index is 5.89. The molecule has 0 saturated heterocycles. The molecule has 1 aromatic heterocycles. The van der Waals surface area contributed by atoms with Crippen molar-refractivity contribution in [1.82, 2.24) is 10.2 Å². The Labute approximate surface area is 102 Å². The van der Waals surface area contributed by atoms with Crippen molar-refractivity contribution in [1.29, 1.82) is 0 Å². The number of hydrogen-bond acceptors (Lipinski definition) is 5. The largest absolute Gasteiger partial charge is 0.416 e. The van der Waals surface area contributed by atoms with Gasteiger partial charge >= 0.3 is 0 Å². The standard InChI is InChI=1S/C10H10ClN3OS/c1-6-13-14-10(15-6)16-5-7-4-8(11)2-3-9(7)12/h2-4H,5,12H2,1H3. The lowest BCUT2D eigenvalue weighted by molar-refractivity contribution is 0.429. The molecular weight excluding hydrogens is 246 g/mol. The summed E-state index contributed by atoms with van der Waals surface area (Å²) in [5, 5.41) is 8.84. The summed E-state index contributed by atoms with van der Waals surface area (Å²) in [7, 11) is 0. The molecule has 0 aliphatic heterocycles. The van der Waals surface area contributed by atoms with Gasteiger partial charge in [0.1, 0.15) is 0 Å². The second-order valence-electron chi connectivity index (χ2n) is 3.22. The third kappa shape index (κ3) is 2.68. The lowest BCUT2D eigenvalue weighted by Gasteiger charge is -2.03. The van der Waals surface area contributed by atoms with Crippen LogP contribution < -0.4 is 5.73 Å². The predicted molar refractivity (Wildman–Crippen MR) is 64.5 cm³/mol. The van der Waals surface area contributed by atoms with E-state index in [0.29, 0.717) is 27.6 Å². The van der Waals surface area contributed by atoms with E-state index in [4.69, 9.17) is 21.8 Å². The molecule has 0 spiro atoms. The lowest BCUT2D eigenvalue weighted by atomic mass is 10.2. The van der Waals surface area contributed by atoms with Gasteiger partial charge < -0.3 is 10.2 Å². The van der Waals surface area contributed by atoms with Gasteiger partial charge in [0, 0.05) is 23.4 Å². The summed E-state index contributed by atoms with van der Waals surface area (Å²) < 4.78 is 5.24. The Morgan fingerprint density at radius 3 is 2.94 bits per heavy atom. The lowest BCUT2D eigenvalue weighted by Crippen LogP contribution is -1.92. The first-order valence-corrected chi connectivity index (χ1v) is 5.98. The summed E-state index contributed by atoms with van der Waals surface area (Å²) in [6.07, 6.45) is 0. The number of thioether (sulfide) groups is 1. The topological polar surface area (TPSA) is 64.9 Å². The predicted octanol–water partition coefficient (Wildman–Crippen LogP) is 2.91. The van der Waals surface area contributed by atoms with Gasteiger partial charge in [-0.3, -0.25) is 0 Å². The Morgan fingerprint density at radius 1 is 1.44 bits per heavy atom. The molecule has 0 bridgehead atoms. The van der Waals surface area contributed by atoms with Gasteiger partial charge in [0.2, 0.25) is 5.89 Å². The monoisotopic (exact) mass is 255 g/mol. The van der Waals surface area contributed by atoms with Crippen molar-refractivity contribution in [3.05, 3.63) is 34.7 Å². The van der Waals surface area contributed by atoms with Gasteiger partial charge in [0.25, 0.3) is 5.22 Å². The third-order valence-corrected chi connectivity index (χ3v) is 3.07. The number of rotatable bonds is 3. The van der Waals surface area contributed by atoms with Gasteiger partial charge in [-0.05, 0) is 23.8 Å². The van der Waals surface area contributed by atoms with Gasteiger partial charge in [0.05, 0.1) is 0 Å². The van der Waals surface area contributed by atoms with Gasteiger partial charge in [-0.1, -0.05) is 23.4 Å². The van der Waals surface area contributed by atoms with E-state index in [1.54, 1.807) is 19.1 Å². The maximum absolute atomic E-state index is 5.89. The highest BCUT2D eigenvalue weighted by molar-refractivity contribution is 7.98. The first-order chi connectivity index (χ1) is 7.65. The van der Waals surface area contributed by atoms with Crippen molar-refractivity contribution in [2.24, 2.45) is 0 Å². The molecule has 0 radical (unpaired) electrons. The quantitative estimate of drug-likeness (QED) is 0.675. The fourth-order valence-corrected chi connectivity index (χ4v) is 2.18. The Balaban J connectivity index is 2.07. The van der Waals surface area contributed by atoms with Crippen LogP contribution in [0.25, 0.3) is 0 Å². The van der Waals surface area contributed by atoms with Crippen LogP contribution in [0.4, 0.5) is 5.69 Å². The Bertz CT molecular complexity index is 501. The zero-order valence-electron chi connectivity index (χ0n) is 8.61. The van der Waals surface area contributed by atoms with Crippen LogP contribution in [-0.4, -0.2) is 10.2 Å². The van der Waals surface area contributed by atoms with E-state index < -0.39 is 0 Å². The van der Waals surface area contributed by atoms with Gasteiger partial charge in [-0.25, -0.2) is 0 Å². The van der Waals surface area contributed by atoms with E-state index >= 15 is 0 Å². The highest BCUT2D eigenvalue weighted by Gasteiger charge is 2.06. The second kappa shape index (κ2) is 4.76. The minimum atomic E-state index is 0.539. The van der Waals surface area contributed by atoms with Crippen LogP contribution in [0.1, 0.15) is 11.5 Å². The molecule has 6 heteroatoms. The van der Waals surface area contributed by atoms with Crippen molar-refractivity contribution in [3.63, 3.8) is 0 Å². The first kappa shape index (κ1) is 11.3. The molecule has 0 aliphatic rings. The van der Waals surface area contributed by atoms with Crippen molar-refractivity contribution in [3.8, 4) is 0 Å². The molecule has 1 heterocycles. The minimum absolute atomic E-state index is 0.539. The van der Waals surface area contributed by atoms with Crippen LogP contribution >= 0.6 is 23.4 Å². The summed E-state index contributed by atoms with van der Waals surface area (Å²) in [5.41, 5.74) is 7.50. The smallest absolute Gasteiger partial charge is 0.276 e. The van der Waals surface area contributed by atoms with Crippen LogP contribution in [0, 0.1) is 6.92 Å². The van der Waals surface area contributed by atoms with E-state index in [0.717, 1.165) is 5.56 Å². The molecule has 16 heavy (non-hydrogen) atoms. The normalized spacial score (nSPS) is 10.6. The first-order valence-electron chi connectivity index (χ1n) is 4.62. The number of halogens is 1. The van der Waals surface area contributed by atoms with Crippen LogP contribution in [-0.2, 0) is 5.75 Å². The fourth-order valence-electron chi connectivity index (χ4n) is 1.18.